The Bertz CT molecular complexity index is 723. The van der Waals surface area contributed by atoms with Gasteiger partial charge in [-0.3, -0.25) is 9.78 Å². The van der Waals surface area contributed by atoms with Gasteiger partial charge in [0.05, 0.1) is 11.1 Å². The Morgan fingerprint density at radius 1 is 1.22 bits per heavy atom. The molecule has 2 aromatic rings. The molecule has 0 bridgehead atoms. The van der Waals surface area contributed by atoms with Gasteiger partial charge in [-0.2, -0.15) is 13.2 Å². The summed E-state index contributed by atoms with van der Waals surface area (Å²) in [5.41, 5.74) is -1.53. The highest BCUT2D eigenvalue weighted by Crippen LogP contribution is 2.36. The number of hydrogen-bond donors (Lipinski definition) is 0. The van der Waals surface area contributed by atoms with Crippen molar-refractivity contribution in [2.75, 3.05) is 6.61 Å². The van der Waals surface area contributed by atoms with E-state index in [0.29, 0.717) is 6.42 Å². The fraction of sp³-hybridized carbons (Fsp3) is 0.412. The van der Waals surface area contributed by atoms with Crippen LogP contribution in [0.2, 0.25) is 0 Å². The van der Waals surface area contributed by atoms with Gasteiger partial charge in [0.15, 0.2) is 5.78 Å². The van der Waals surface area contributed by atoms with Crippen LogP contribution in [0.4, 0.5) is 13.2 Å². The highest BCUT2D eigenvalue weighted by atomic mass is 19.4. The fourth-order valence-corrected chi connectivity index (χ4v) is 2.04. The molecule has 0 atom stereocenters. The zero-order valence-electron chi connectivity index (χ0n) is 13.2. The minimum Gasteiger partial charge on any atom is -0.485 e. The highest BCUT2D eigenvalue weighted by molar-refractivity contribution is 5.89. The lowest BCUT2D eigenvalue weighted by molar-refractivity contribution is -0.136. The first kappa shape index (κ1) is 17.2. The number of ether oxygens (including phenoxy) is 1. The quantitative estimate of drug-likeness (QED) is 0.804. The molecule has 23 heavy (non-hydrogen) atoms. The van der Waals surface area contributed by atoms with Crippen LogP contribution in [0.1, 0.15) is 32.8 Å². The van der Waals surface area contributed by atoms with Crippen LogP contribution >= 0.6 is 0 Å². The molecule has 0 aliphatic carbocycles. The van der Waals surface area contributed by atoms with Crippen molar-refractivity contribution in [2.24, 2.45) is 5.41 Å². The van der Waals surface area contributed by atoms with Crippen LogP contribution in [0.25, 0.3) is 10.9 Å². The average molecular weight is 325 g/mol. The molecule has 0 amide bonds. The summed E-state index contributed by atoms with van der Waals surface area (Å²) in [6, 6.07) is 5.25. The van der Waals surface area contributed by atoms with Gasteiger partial charge in [0.25, 0.3) is 0 Å². The molecule has 0 N–H and O–H groups in total. The predicted octanol–water partition coefficient (Wildman–Crippen LogP) is 4.64. The van der Waals surface area contributed by atoms with Crippen LogP contribution in [0.3, 0.4) is 0 Å². The first-order chi connectivity index (χ1) is 10.7. The Morgan fingerprint density at radius 3 is 2.52 bits per heavy atom. The summed E-state index contributed by atoms with van der Waals surface area (Å²) in [6.45, 7) is 5.34. The van der Waals surface area contributed by atoms with Gasteiger partial charge in [0, 0.05) is 17.0 Å². The molecular formula is C17H18F3NO2. The summed E-state index contributed by atoms with van der Waals surface area (Å²) < 4.78 is 44.6. The van der Waals surface area contributed by atoms with Crippen molar-refractivity contribution in [2.45, 2.75) is 33.4 Å². The lowest BCUT2D eigenvalue weighted by atomic mass is 9.86. The van der Waals surface area contributed by atoms with E-state index in [1.165, 1.54) is 24.4 Å². The highest BCUT2D eigenvalue weighted by Gasteiger charge is 2.33. The number of Topliss-reactive ketones (excluding diaryl/α,β-unsaturated/α-hetero) is 1. The zero-order valence-corrected chi connectivity index (χ0v) is 13.2. The van der Waals surface area contributed by atoms with E-state index in [9.17, 15) is 18.0 Å². The molecule has 1 aromatic carbocycles. The molecule has 0 aliphatic rings. The average Bonchev–Trinajstić information content (AvgIpc) is 2.50. The molecule has 0 radical (unpaired) electrons. The number of fused-ring (bicyclic) bond motifs is 1. The lowest BCUT2D eigenvalue weighted by Crippen LogP contribution is -2.28. The Kier molecular flexibility index (Phi) is 4.63. The molecule has 1 heterocycles. The third-order valence-electron chi connectivity index (χ3n) is 4.03. The summed E-state index contributed by atoms with van der Waals surface area (Å²) in [7, 11) is 0. The van der Waals surface area contributed by atoms with Gasteiger partial charge >= 0.3 is 6.18 Å². The molecule has 2 rings (SSSR count). The largest absolute Gasteiger partial charge is 0.485 e. The maximum absolute atomic E-state index is 13.0. The SMILES string of the molecule is CCC(C)(C)C(=O)COc1ccnc2c(C(F)(F)F)cccc12. The van der Waals surface area contributed by atoms with Crippen LogP contribution in [-0.4, -0.2) is 17.4 Å². The van der Waals surface area contributed by atoms with Gasteiger partial charge < -0.3 is 4.74 Å². The number of alkyl halides is 3. The maximum Gasteiger partial charge on any atom is 0.418 e. The molecular weight excluding hydrogens is 307 g/mol. The number of halogens is 3. The zero-order chi connectivity index (χ0) is 17.3. The van der Waals surface area contributed by atoms with E-state index in [4.69, 9.17) is 4.74 Å². The van der Waals surface area contributed by atoms with E-state index in [2.05, 4.69) is 4.98 Å². The topological polar surface area (TPSA) is 39.2 Å². The van der Waals surface area contributed by atoms with Crippen molar-refractivity contribution in [3.63, 3.8) is 0 Å². The van der Waals surface area contributed by atoms with E-state index in [-0.39, 0.29) is 29.0 Å². The predicted molar refractivity (Wildman–Crippen MR) is 81.3 cm³/mol. The Labute approximate surface area is 132 Å². The molecule has 3 nitrogen and oxygen atoms in total. The third kappa shape index (κ3) is 3.63. The van der Waals surface area contributed by atoms with Crippen molar-refractivity contribution in [3.8, 4) is 5.75 Å². The number of rotatable bonds is 5. The molecule has 0 aliphatic heterocycles. The standard InChI is InChI=1S/C17H18F3NO2/c1-4-16(2,3)14(22)10-23-13-8-9-21-15-11(13)6-5-7-12(15)17(18,19)20/h5-9H,4,10H2,1-3H3. The smallest absolute Gasteiger partial charge is 0.418 e. The number of nitrogens with zero attached hydrogens (tertiary/aromatic N) is 1. The summed E-state index contributed by atoms with van der Waals surface area (Å²) in [6.07, 6.45) is -2.59. The van der Waals surface area contributed by atoms with Crippen molar-refractivity contribution in [1.82, 2.24) is 4.98 Å². The molecule has 0 fully saturated rings. The van der Waals surface area contributed by atoms with Crippen molar-refractivity contribution >= 4 is 16.7 Å². The van der Waals surface area contributed by atoms with Crippen molar-refractivity contribution in [3.05, 3.63) is 36.0 Å². The summed E-state index contributed by atoms with van der Waals surface area (Å²) >= 11 is 0. The normalized spacial score (nSPS) is 12.4. The Balaban J connectivity index is 2.35. The fourth-order valence-electron chi connectivity index (χ4n) is 2.04. The minimum atomic E-state index is -4.49. The van der Waals surface area contributed by atoms with Crippen LogP contribution in [0.5, 0.6) is 5.75 Å². The third-order valence-corrected chi connectivity index (χ3v) is 4.03. The number of ketones is 1. The maximum atomic E-state index is 13.0. The second-order valence-corrected chi connectivity index (χ2v) is 5.96. The first-order valence-electron chi connectivity index (χ1n) is 7.28. The van der Waals surface area contributed by atoms with Gasteiger partial charge in [-0.1, -0.05) is 26.8 Å². The van der Waals surface area contributed by atoms with E-state index < -0.39 is 17.2 Å². The number of pyridine rings is 1. The molecule has 0 saturated carbocycles. The Hall–Kier alpha value is -2.11. The Morgan fingerprint density at radius 2 is 1.91 bits per heavy atom. The van der Waals surface area contributed by atoms with E-state index >= 15 is 0 Å². The molecule has 0 saturated heterocycles. The van der Waals surface area contributed by atoms with Gasteiger partial charge in [-0.25, -0.2) is 0 Å². The van der Waals surface area contributed by atoms with Crippen LogP contribution in [-0.2, 0) is 11.0 Å². The second-order valence-electron chi connectivity index (χ2n) is 5.96. The summed E-state index contributed by atoms with van der Waals surface area (Å²) in [4.78, 5) is 15.9. The molecule has 6 heteroatoms. The van der Waals surface area contributed by atoms with Crippen LogP contribution in [0, 0.1) is 5.41 Å². The molecule has 0 spiro atoms. The van der Waals surface area contributed by atoms with Crippen LogP contribution < -0.4 is 4.74 Å². The number of carbonyl (C=O) groups is 1. The van der Waals surface area contributed by atoms with Gasteiger partial charge in [-0.05, 0) is 24.6 Å². The van der Waals surface area contributed by atoms with E-state index in [1.54, 1.807) is 0 Å². The van der Waals surface area contributed by atoms with E-state index in [1.807, 2.05) is 20.8 Å². The van der Waals surface area contributed by atoms with Gasteiger partial charge in [0.2, 0.25) is 0 Å². The second kappa shape index (κ2) is 6.18. The summed E-state index contributed by atoms with van der Waals surface area (Å²) in [5, 5.41) is 0.240. The number of aromatic nitrogens is 1. The number of para-hydroxylation sites is 1. The summed E-state index contributed by atoms with van der Waals surface area (Å²) in [5.74, 6) is 0.123. The number of benzene rings is 1. The molecule has 124 valence electrons. The van der Waals surface area contributed by atoms with E-state index in [0.717, 1.165) is 6.07 Å². The van der Waals surface area contributed by atoms with Gasteiger partial charge in [0.1, 0.15) is 12.4 Å². The van der Waals surface area contributed by atoms with Crippen LogP contribution in [0.15, 0.2) is 30.5 Å². The number of hydrogen-bond acceptors (Lipinski definition) is 3. The molecule has 0 unspecified atom stereocenters. The minimum absolute atomic E-state index is 0.100. The number of carbonyl (C=O) groups excluding carboxylic acids is 1. The van der Waals surface area contributed by atoms with Gasteiger partial charge in [-0.15, -0.1) is 0 Å². The first-order valence-corrected chi connectivity index (χ1v) is 7.28. The monoisotopic (exact) mass is 325 g/mol. The van der Waals surface area contributed by atoms with Crippen molar-refractivity contribution < 1.29 is 22.7 Å². The van der Waals surface area contributed by atoms with Crippen molar-refractivity contribution in [1.29, 1.82) is 0 Å². The lowest BCUT2D eigenvalue weighted by Gasteiger charge is -2.21. The molecule has 1 aromatic heterocycles.